The molecule has 0 spiro atoms. The SMILES string of the molecule is [Cl][Rh-4]([Cl])([Cl])([Cl])([Cl])([Cl])[Cl].[Na+].[Na+].[Na+].[Na+]. The van der Waals surface area contributed by atoms with E-state index < -0.39 is 4.31 Å². The Morgan fingerprint density at radius 1 is 0.417 bits per heavy atom. The van der Waals surface area contributed by atoms with Crippen molar-refractivity contribution in [2.45, 2.75) is 0 Å². The van der Waals surface area contributed by atoms with Crippen molar-refractivity contribution in [3.05, 3.63) is 0 Å². The quantitative estimate of drug-likeness (QED) is 0.327. The zero-order valence-corrected chi connectivity index (χ0v) is 21.9. The van der Waals surface area contributed by atoms with Crippen molar-refractivity contribution in [1.82, 2.24) is 0 Å². The summed E-state index contributed by atoms with van der Waals surface area (Å²) in [4.78, 5) is 0. The molecule has 0 aromatic heterocycles. The minimum atomic E-state index is -6.24. The van der Waals surface area contributed by atoms with E-state index in [-0.39, 0.29) is 118 Å². The van der Waals surface area contributed by atoms with Crippen LogP contribution in [0.5, 0.6) is 0 Å². The van der Waals surface area contributed by atoms with Crippen LogP contribution in [0.4, 0.5) is 0 Å². The maximum absolute atomic E-state index is 6.24. The Kier molecular flexibility index (Phi) is 16.6. The summed E-state index contributed by atoms with van der Waals surface area (Å²) in [5.74, 6) is 0. The molecule has 0 atom stereocenters. The van der Waals surface area contributed by atoms with Gasteiger partial charge in [-0.1, -0.05) is 0 Å². The number of hydrogen-bond acceptors (Lipinski definition) is 0. The van der Waals surface area contributed by atoms with Crippen LogP contribution in [-0.2, 0) is 4.31 Å². The van der Waals surface area contributed by atoms with Gasteiger partial charge in [-0.05, 0) is 0 Å². The van der Waals surface area contributed by atoms with Gasteiger partial charge in [-0.3, -0.25) is 0 Å². The number of halogens is 7. The first kappa shape index (κ1) is 31.2. The monoisotopic (exact) mass is 440 g/mol. The van der Waals surface area contributed by atoms with E-state index in [1.165, 1.54) is 0 Å². The van der Waals surface area contributed by atoms with Gasteiger partial charge in [0.2, 0.25) is 0 Å². The second-order valence-corrected chi connectivity index (χ2v) is 53.2. The van der Waals surface area contributed by atoms with Gasteiger partial charge in [0.1, 0.15) is 0 Å². The van der Waals surface area contributed by atoms with E-state index in [4.69, 9.17) is 67.8 Å². The third kappa shape index (κ3) is 92.2. The molecule has 0 aromatic carbocycles. The zero-order valence-electron chi connectivity index (χ0n) is 6.98. The molecule has 0 radical (unpaired) electrons. The van der Waals surface area contributed by atoms with E-state index in [2.05, 4.69) is 0 Å². The van der Waals surface area contributed by atoms with Crippen LogP contribution in [0.3, 0.4) is 0 Å². The van der Waals surface area contributed by atoms with Crippen molar-refractivity contribution in [1.29, 1.82) is 0 Å². The van der Waals surface area contributed by atoms with Crippen LogP contribution in [0.1, 0.15) is 0 Å². The van der Waals surface area contributed by atoms with Gasteiger partial charge < -0.3 is 0 Å². The van der Waals surface area contributed by atoms with Crippen molar-refractivity contribution < 1.29 is 123 Å². The Hall–Kier alpha value is 6.65. The molecule has 0 aliphatic rings. The summed E-state index contributed by atoms with van der Waals surface area (Å²) < 4.78 is -6.24. The molecule has 0 aliphatic carbocycles. The van der Waals surface area contributed by atoms with Crippen molar-refractivity contribution in [3.8, 4) is 0 Å². The normalized spacial score (nSPS) is 18.1. The molecule has 0 N–H and O–H groups in total. The first-order valence-corrected chi connectivity index (χ1v) is 15.7. The average molecular weight is 443 g/mol. The Labute approximate surface area is 185 Å². The molecule has 0 amide bonds. The van der Waals surface area contributed by atoms with E-state index in [0.29, 0.717) is 0 Å². The summed E-state index contributed by atoms with van der Waals surface area (Å²) >= 11 is 0. The van der Waals surface area contributed by atoms with Crippen molar-refractivity contribution in [3.63, 3.8) is 0 Å². The summed E-state index contributed by atoms with van der Waals surface area (Å²) in [6.07, 6.45) is 0. The minimum absolute atomic E-state index is 0. The number of hydrogen-bond donors (Lipinski definition) is 0. The van der Waals surface area contributed by atoms with Crippen LogP contribution >= 0.6 is 67.8 Å². The summed E-state index contributed by atoms with van der Waals surface area (Å²) in [7, 11) is 35.4. The summed E-state index contributed by atoms with van der Waals surface area (Å²) in [5.41, 5.74) is 0. The fourth-order valence-electron chi connectivity index (χ4n) is 0. The van der Waals surface area contributed by atoms with Crippen LogP contribution in [0, 0.1) is 0 Å². The first-order chi connectivity index (χ1) is 2.65. The van der Waals surface area contributed by atoms with E-state index in [9.17, 15) is 0 Å². The van der Waals surface area contributed by atoms with E-state index in [1.807, 2.05) is 0 Å². The van der Waals surface area contributed by atoms with Gasteiger partial charge in [0.25, 0.3) is 0 Å². The Morgan fingerprint density at radius 2 is 0.417 bits per heavy atom. The molecule has 12 heteroatoms. The van der Waals surface area contributed by atoms with Crippen molar-refractivity contribution >= 4 is 67.8 Å². The Morgan fingerprint density at radius 3 is 0.417 bits per heavy atom. The fraction of sp³-hybridized carbons (Fsp3) is 0. The summed E-state index contributed by atoms with van der Waals surface area (Å²) in [6, 6.07) is 0. The molecule has 0 rings (SSSR count). The van der Waals surface area contributed by atoms with Crippen molar-refractivity contribution in [2.24, 2.45) is 0 Å². The predicted molar refractivity (Wildman–Crippen MR) is 41.0 cm³/mol. The third-order valence-electron chi connectivity index (χ3n) is 0. The second kappa shape index (κ2) is 6.40. The molecule has 12 heavy (non-hydrogen) atoms. The van der Waals surface area contributed by atoms with Gasteiger partial charge in [-0.25, -0.2) is 0 Å². The third-order valence-corrected chi connectivity index (χ3v) is 0. The van der Waals surface area contributed by atoms with Crippen LogP contribution in [0.15, 0.2) is 0 Å². The second-order valence-electron chi connectivity index (χ2n) is 1.000. The van der Waals surface area contributed by atoms with Crippen LogP contribution < -0.4 is 118 Å². The van der Waals surface area contributed by atoms with Gasteiger partial charge in [-0.2, -0.15) is 0 Å². The maximum atomic E-state index is 5.05. The maximum Gasteiger partial charge on any atom is 1.00 e. The summed E-state index contributed by atoms with van der Waals surface area (Å²) in [6.45, 7) is 0. The van der Waals surface area contributed by atoms with Gasteiger partial charge in [0.15, 0.2) is 0 Å². The molecule has 0 nitrogen and oxygen atoms in total. The van der Waals surface area contributed by atoms with Gasteiger partial charge >= 0.3 is 190 Å². The molecule has 0 saturated carbocycles. The van der Waals surface area contributed by atoms with Gasteiger partial charge in [-0.15, -0.1) is 0 Å². The zero-order chi connectivity index (χ0) is 7.38. The molecule has 0 heterocycles. The first-order valence-electron chi connectivity index (χ1n) is 0.882. The average Bonchev–Trinajstić information content (AvgIpc) is 0.544. The van der Waals surface area contributed by atoms with E-state index >= 15 is 0 Å². The van der Waals surface area contributed by atoms with Crippen LogP contribution in [0.25, 0.3) is 0 Å². The molecule has 0 aliphatic heterocycles. The van der Waals surface area contributed by atoms with E-state index in [1.54, 1.807) is 0 Å². The molecule has 0 unspecified atom stereocenters. The summed E-state index contributed by atoms with van der Waals surface area (Å²) in [5, 5.41) is 0. The fourth-order valence-corrected chi connectivity index (χ4v) is 0. The predicted octanol–water partition coefficient (Wildman–Crippen LogP) is -7.16. The largest absolute Gasteiger partial charge is 1.00 e. The smallest absolute Gasteiger partial charge is 1.00 e. The molecule has 0 saturated heterocycles. The molecular formula is Cl7Na4Rh. The molecule has 0 bridgehead atoms. The Balaban J connectivity index is -0.0000000408. The molecular weight excluding hydrogens is 443 g/mol. The Bertz CT molecular complexity index is 108. The van der Waals surface area contributed by atoms with Crippen molar-refractivity contribution in [2.75, 3.05) is 0 Å². The molecule has 0 aromatic rings. The molecule has 62 valence electrons. The number of rotatable bonds is 0. The minimum Gasteiger partial charge on any atom is 1.00 e. The van der Waals surface area contributed by atoms with Crippen LogP contribution in [0.2, 0.25) is 0 Å². The standard InChI is InChI=1S/7ClH.4Na.Rh/h7*1H;;;;;/q;;;;;;;4*+1;+3/p-7. The van der Waals surface area contributed by atoms with Crippen LogP contribution in [-0.4, -0.2) is 0 Å². The molecule has 0 fully saturated rings. The van der Waals surface area contributed by atoms with E-state index in [0.717, 1.165) is 0 Å². The topological polar surface area (TPSA) is 0 Å². The van der Waals surface area contributed by atoms with Gasteiger partial charge in [0, 0.05) is 0 Å². The van der Waals surface area contributed by atoms with Gasteiger partial charge in [0.05, 0.1) is 0 Å².